The smallest absolute Gasteiger partial charge is 0.253 e. The largest absolute Gasteiger partial charge is 0.486 e. The second-order valence-corrected chi connectivity index (χ2v) is 6.33. The van der Waals surface area contributed by atoms with Gasteiger partial charge in [0.25, 0.3) is 5.91 Å². The number of primary amides is 1. The standard InChI is InChI=1S/C20H22N2O3/c1-14(15-5-3-2-4-6-15)25-18-9-7-16(8-10-18)20(24)22-12-11-17(13-22)19(21)23/h2-10,14,17H,11-13H2,1H3,(H2,21,23)/t14-,17-/m1/s1. The van der Waals surface area contributed by atoms with Crippen LogP contribution in [0.25, 0.3) is 0 Å². The molecule has 0 spiro atoms. The van der Waals surface area contributed by atoms with E-state index in [0.29, 0.717) is 30.8 Å². The molecule has 1 fully saturated rings. The van der Waals surface area contributed by atoms with E-state index >= 15 is 0 Å². The van der Waals surface area contributed by atoms with Gasteiger partial charge in [-0.1, -0.05) is 30.3 Å². The molecule has 2 amide bonds. The van der Waals surface area contributed by atoms with Gasteiger partial charge in [0.2, 0.25) is 5.91 Å². The molecule has 0 saturated carbocycles. The molecule has 2 aromatic rings. The first-order valence-electron chi connectivity index (χ1n) is 8.45. The van der Waals surface area contributed by atoms with Crippen LogP contribution >= 0.6 is 0 Å². The number of hydrogen-bond acceptors (Lipinski definition) is 3. The third-order valence-corrected chi connectivity index (χ3v) is 4.56. The zero-order valence-electron chi connectivity index (χ0n) is 14.2. The molecule has 1 saturated heterocycles. The second kappa shape index (κ2) is 7.38. The number of rotatable bonds is 5. The molecule has 0 bridgehead atoms. The molecular weight excluding hydrogens is 316 g/mol. The van der Waals surface area contributed by atoms with Gasteiger partial charge in [0, 0.05) is 18.7 Å². The van der Waals surface area contributed by atoms with Crippen LogP contribution in [0.1, 0.15) is 35.4 Å². The average Bonchev–Trinajstić information content (AvgIpc) is 3.13. The highest BCUT2D eigenvalue weighted by Gasteiger charge is 2.30. The van der Waals surface area contributed by atoms with Crippen molar-refractivity contribution in [2.45, 2.75) is 19.4 Å². The third kappa shape index (κ3) is 3.99. The summed E-state index contributed by atoms with van der Waals surface area (Å²) in [6.07, 6.45) is 0.564. The van der Waals surface area contributed by atoms with E-state index in [2.05, 4.69) is 0 Å². The first-order chi connectivity index (χ1) is 12.0. The van der Waals surface area contributed by atoms with Crippen molar-refractivity contribution in [1.29, 1.82) is 0 Å². The number of likely N-dealkylation sites (tertiary alicyclic amines) is 1. The van der Waals surface area contributed by atoms with Crippen molar-refractivity contribution >= 4 is 11.8 Å². The molecule has 2 N–H and O–H groups in total. The van der Waals surface area contributed by atoms with Gasteiger partial charge in [-0.25, -0.2) is 0 Å². The highest BCUT2D eigenvalue weighted by Crippen LogP contribution is 2.23. The van der Waals surface area contributed by atoms with E-state index in [1.54, 1.807) is 29.2 Å². The van der Waals surface area contributed by atoms with Gasteiger partial charge >= 0.3 is 0 Å². The van der Waals surface area contributed by atoms with Gasteiger partial charge in [0.15, 0.2) is 0 Å². The summed E-state index contributed by atoms with van der Waals surface area (Å²) in [5.41, 5.74) is 7.00. The first kappa shape index (κ1) is 17.0. The minimum atomic E-state index is -0.339. The molecule has 0 unspecified atom stereocenters. The number of amides is 2. The zero-order valence-corrected chi connectivity index (χ0v) is 14.2. The van der Waals surface area contributed by atoms with Crippen LogP contribution in [0.3, 0.4) is 0 Å². The Labute approximate surface area is 147 Å². The van der Waals surface area contributed by atoms with Crippen LogP contribution in [0.5, 0.6) is 5.75 Å². The third-order valence-electron chi connectivity index (χ3n) is 4.56. The average molecular weight is 338 g/mol. The van der Waals surface area contributed by atoms with Gasteiger partial charge < -0.3 is 15.4 Å². The lowest BCUT2D eigenvalue weighted by molar-refractivity contribution is -0.121. The van der Waals surface area contributed by atoms with Gasteiger partial charge in [-0.3, -0.25) is 9.59 Å². The fourth-order valence-electron chi connectivity index (χ4n) is 3.03. The molecule has 5 heteroatoms. The van der Waals surface area contributed by atoms with E-state index in [-0.39, 0.29) is 23.8 Å². The maximum atomic E-state index is 12.5. The van der Waals surface area contributed by atoms with Crippen LogP contribution in [-0.2, 0) is 4.79 Å². The number of benzene rings is 2. The molecule has 130 valence electrons. The summed E-state index contributed by atoms with van der Waals surface area (Å²) in [6.45, 7) is 2.95. The molecule has 0 aliphatic carbocycles. The Morgan fingerprint density at radius 1 is 1.12 bits per heavy atom. The van der Waals surface area contributed by atoms with Crippen molar-refractivity contribution in [3.05, 3.63) is 65.7 Å². The van der Waals surface area contributed by atoms with E-state index in [9.17, 15) is 9.59 Å². The topological polar surface area (TPSA) is 72.6 Å². The van der Waals surface area contributed by atoms with Crippen LogP contribution in [0, 0.1) is 5.92 Å². The summed E-state index contributed by atoms with van der Waals surface area (Å²) in [7, 11) is 0. The van der Waals surface area contributed by atoms with Crippen LogP contribution < -0.4 is 10.5 Å². The normalized spacial score (nSPS) is 18.0. The molecule has 0 radical (unpaired) electrons. The lowest BCUT2D eigenvalue weighted by atomic mass is 10.1. The van der Waals surface area contributed by atoms with Crippen LogP contribution in [0.2, 0.25) is 0 Å². The summed E-state index contributed by atoms with van der Waals surface area (Å²) < 4.78 is 5.92. The van der Waals surface area contributed by atoms with Crippen molar-refractivity contribution in [2.24, 2.45) is 11.7 Å². The fourth-order valence-corrected chi connectivity index (χ4v) is 3.03. The molecule has 1 aliphatic heterocycles. The maximum Gasteiger partial charge on any atom is 0.253 e. The Morgan fingerprint density at radius 3 is 2.40 bits per heavy atom. The predicted octanol–water partition coefficient (Wildman–Crippen LogP) is 2.77. The predicted molar refractivity (Wildman–Crippen MR) is 95.1 cm³/mol. The molecule has 2 aromatic carbocycles. The van der Waals surface area contributed by atoms with Crippen molar-refractivity contribution < 1.29 is 14.3 Å². The SMILES string of the molecule is C[C@@H](Oc1ccc(C(=O)N2CC[C@@H](C(N)=O)C2)cc1)c1ccccc1. The number of nitrogens with zero attached hydrogens (tertiary/aromatic N) is 1. The highest BCUT2D eigenvalue weighted by atomic mass is 16.5. The summed E-state index contributed by atoms with van der Waals surface area (Å²) in [5.74, 6) is 0.0583. The van der Waals surface area contributed by atoms with Gasteiger partial charge in [-0.15, -0.1) is 0 Å². The summed E-state index contributed by atoms with van der Waals surface area (Å²) >= 11 is 0. The van der Waals surface area contributed by atoms with E-state index in [1.165, 1.54) is 0 Å². The second-order valence-electron chi connectivity index (χ2n) is 6.33. The monoisotopic (exact) mass is 338 g/mol. The Hall–Kier alpha value is -2.82. The minimum Gasteiger partial charge on any atom is -0.486 e. The van der Waals surface area contributed by atoms with Crippen LogP contribution in [0.4, 0.5) is 0 Å². The van der Waals surface area contributed by atoms with Gasteiger partial charge in [-0.05, 0) is 43.2 Å². The summed E-state index contributed by atoms with van der Waals surface area (Å²) in [5, 5.41) is 0. The molecule has 1 heterocycles. The first-order valence-corrected chi connectivity index (χ1v) is 8.45. The Balaban J connectivity index is 1.62. The number of nitrogens with two attached hydrogens (primary N) is 1. The molecule has 3 rings (SSSR count). The summed E-state index contributed by atoms with van der Waals surface area (Å²) in [4.78, 5) is 25.4. The lowest BCUT2D eigenvalue weighted by Crippen LogP contribution is -2.31. The number of carbonyl (C=O) groups is 2. The molecule has 2 atom stereocenters. The number of ether oxygens (including phenoxy) is 1. The van der Waals surface area contributed by atoms with Gasteiger partial charge in [0.1, 0.15) is 11.9 Å². The van der Waals surface area contributed by atoms with E-state index < -0.39 is 0 Å². The van der Waals surface area contributed by atoms with Crippen molar-refractivity contribution in [3.8, 4) is 5.75 Å². The molecule has 5 nitrogen and oxygen atoms in total. The van der Waals surface area contributed by atoms with Crippen LogP contribution in [-0.4, -0.2) is 29.8 Å². The number of carbonyl (C=O) groups excluding carboxylic acids is 2. The minimum absolute atomic E-state index is 0.0716. The Kier molecular flexibility index (Phi) is 5.03. The Morgan fingerprint density at radius 2 is 1.80 bits per heavy atom. The lowest BCUT2D eigenvalue weighted by Gasteiger charge is -2.17. The zero-order chi connectivity index (χ0) is 17.8. The summed E-state index contributed by atoms with van der Waals surface area (Å²) in [6, 6.07) is 17.1. The van der Waals surface area contributed by atoms with Gasteiger partial charge in [-0.2, -0.15) is 0 Å². The van der Waals surface area contributed by atoms with E-state index in [0.717, 1.165) is 5.56 Å². The fraction of sp³-hybridized carbons (Fsp3) is 0.300. The maximum absolute atomic E-state index is 12.5. The highest BCUT2D eigenvalue weighted by molar-refractivity contribution is 5.95. The van der Waals surface area contributed by atoms with Crippen molar-refractivity contribution in [2.75, 3.05) is 13.1 Å². The van der Waals surface area contributed by atoms with Crippen molar-refractivity contribution in [1.82, 2.24) is 4.90 Å². The molecule has 0 aromatic heterocycles. The van der Waals surface area contributed by atoms with E-state index in [1.807, 2.05) is 37.3 Å². The molecule has 25 heavy (non-hydrogen) atoms. The van der Waals surface area contributed by atoms with Crippen molar-refractivity contribution in [3.63, 3.8) is 0 Å². The quantitative estimate of drug-likeness (QED) is 0.911. The Bertz CT molecular complexity index is 743. The number of hydrogen-bond donors (Lipinski definition) is 1. The van der Waals surface area contributed by atoms with Crippen LogP contribution in [0.15, 0.2) is 54.6 Å². The molecule has 1 aliphatic rings. The molecular formula is C20H22N2O3. The van der Waals surface area contributed by atoms with Gasteiger partial charge in [0.05, 0.1) is 5.92 Å². The van der Waals surface area contributed by atoms with E-state index in [4.69, 9.17) is 10.5 Å².